The third-order valence-electron chi connectivity index (χ3n) is 7.13. The zero-order chi connectivity index (χ0) is 27.8. The monoisotopic (exact) mass is 531 g/mol. The number of nitrogens with zero attached hydrogens (tertiary/aromatic N) is 1. The molecular weight excluding hydrogens is 494 g/mol. The number of carbonyl (C=O) groups excluding carboxylic acids is 2. The Kier molecular flexibility index (Phi) is 7.14. The van der Waals surface area contributed by atoms with Crippen LogP contribution in [-0.2, 0) is 28.8 Å². The second-order valence-electron chi connectivity index (χ2n) is 12.0. The third kappa shape index (κ3) is 6.10. The highest BCUT2D eigenvalue weighted by molar-refractivity contribution is 5.87. The number of alkyl carbamates (subject to hydrolysis) is 1. The van der Waals surface area contributed by atoms with Crippen LogP contribution in [-0.4, -0.2) is 23.2 Å². The number of rotatable bonds is 4. The van der Waals surface area contributed by atoms with Crippen LogP contribution < -0.4 is 21.0 Å². The summed E-state index contributed by atoms with van der Waals surface area (Å²) in [4.78, 5) is 25.9. The summed E-state index contributed by atoms with van der Waals surface area (Å²) < 4.78 is 17.9. The largest absolute Gasteiger partial charge is 0.487 e. The lowest BCUT2D eigenvalue weighted by atomic mass is 9.88. The van der Waals surface area contributed by atoms with Gasteiger partial charge in [0.1, 0.15) is 28.6 Å². The van der Waals surface area contributed by atoms with E-state index in [0.29, 0.717) is 16.7 Å². The maximum Gasteiger partial charge on any atom is 0.408 e. The molecule has 3 aromatic rings. The molecule has 1 aromatic heterocycles. The van der Waals surface area contributed by atoms with Crippen molar-refractivity contribution in [3.63, 3.8) is 0 Å². The first kappa shape index (κ1) is 26.8. The van der Waals surface area contributed by atoms with E-state index in [9.17, 15) is 9.59 Å². The fourth-order valence-electron chi connectivity index (χ4n) is 5.24. The molecule has 0 radical (unpaired) electrons. The summed E-state index contributed by atoms with van der Waals surface area (Å²) in [5.41, 5.74) is 6.82. The van der Waals surface area contributed by atoms with Gasteiger partial charge in [-0.25, -0.2) is 10.2 Å². The van der Waals surface area contributed by atoms with E-state index in [1.165, 1.54) is 11.1 Å². The van der Waals surface area contributed by atoms with Gasteiger partial charge >= 0.3 is 6.09 Å². The summed E-state index contributed by atoms with van der Waals surface area (Å²) >= 11 is 0. The molecule has 0 spiro atoms. The molecule has 8 heteroatoms. The van der Waals surface area contributed by atoms with E-state index in [-0.39, 0.29) is 5.60 Å². The average molecular weight is 532 g/mol. The van der Waals surface area contributed by atoms with E-state index >= 15 is 0 Å². The highest BCUT2D eigenvalue weighted by Crippen LogP contribution is 2.38. The molecule has 0 unspecified atom stereocenters. The number of ether oxygens (including phenoxy) is 2. The molecular formula is C31H37N3O5. The third-order valence-corrected chi connectivity index (χ3v) is 7.13. The quantitative estimate of drug-likeness (QED) is 0.426. The van der Waals surface area contributed by atoms with Gasteiger partial charge in [0.15, 0.2) is 0 Å². The van der Waals surface area contributed by atoms with Gasteiger partial charge in [0, 0.05) is 17.0 Å². The summed E-state index contributed by atoms with van der Waals surface area (Å²) in [6.45, 7) is 9.50. The van der Waals surface area contributed by atoms with Crippen molar-refractivity contribution in [2.75, 3.05) is 0 Å². The molecule has 5 rings (SSSR count). The van der Waals surface area contributed by atoms with E-state index < -0.39 is 23.6 Å². The van der Waals surface area contributed by atoms with Crippen molar-refractivity contribution in [2.24, 2.45) is 5.10 Å². The fourth-order valence-corrected chi connectivity index (χ4v) is 5.24. The van der Waals surface area contributed by atoms with E-state index in [0.717, 1.165) is 55.2 Å². The summed E-state index contributed by atoms with van der Waals surface area (Å²) in [5.74, 6) is 0.335. The molecule has 0 saturated carbocycles. The molecule has 2 aromatic carbocycles. The van der Waals surface area contributed by atoms with Crippen LogP contribution in [0.25, 0.3) is 11.0 Å². The van der Waals surface area contributed by atoms with Crippen LogP contribution in [0, 0.1) is 0 Å². The van der Waals surface area contributed by atoms with E-state index in [4.69, 9.17) is 13.9 Å². The molecule has 1 aliphatic heterocycles. The lowest BCUT2D eigenvalue weighted by Crippen LogP contribution is -2.41. The Hall–Kier alpha value is -3.81. The van der Waals surface area contributed by atoms with Gasteiger partial charge in [-0.3, -0.25) is 4.79 Å². The van der Waals surface area contributed by atoms with Crippen molar-refractivity contribution in [2.45, 2.75) is 90.4 Å². The molecule has 1 atom stereocenters. The number of aryl methyl sites for hydroxylation is 2. The second kappa shape index (κ2) is 10.4. The van der Waals surface area contributed by atoms with Crippen molar-refractivity contribution >= 4 is 23.0 Å². The van der Waals surface area contributed by atoms with Crippen LogP contribution in [0.5, 0.6) is 5.75 Å². The Bertz CT molecular complexity index is 1470. The number of amides is 2. The van der Waals surface area contributed by atoms with Gasteiger partial charge in [-0.1, -0.05) is 30.3 Å². The molecule has 2 N–H and O–H groups in total. The Morgan fingerprint density at radius 1 is 1.03 bits per heavy atom. The molecule has 0 saturated heterocycles. The molecule has 0 bridgehead atoms. The Morgan fingerprint density at radius 2 is 1.74 bits per heavy atom. The van der Waals surface area contributed by atoms with Crippen LogP contribution in [0.4, 0.5) is 4.79 Å². The van der Waals surface area contributed by atoms with Gasteiger partial charge in [-0.05, 0) is 95.9 Å². The topological polar surface area (TPSA) is 102 Å². The van der Waals surface area contributed by atoms with Gasteiger partial charge in [-0.2, -0.15) is 0 Å². The van der Waals surface area contributed by atoms with Crippen molar-refractivity contribution in [3.05, 3.63) is 70.3 Å². The van der Waals surface area contributed by atoms with Gasteiger partial charge in [0.25, 0.3) is 5.91 Å². The minimum Gasteiger partial charge on any atom is -0.487 e. The molecule has 1 aliphatic carbocycles. The van der Waals surface area contributed by atoms with E-state index in [2.05, 4.69) is 35.8 Å². The normalized spacial score (nSPS) is 17.4. The molecule has 2 heterocycles. The Morgan fingerprint density at radius 3 is 2.46 bits per heavy atom. The number of fused-ring (bicyclic) bond motifs is 4. The molecule has 206 valence electrons. The highest BCUT2D eigenvalue weighted by Gasteiger charge is 2.29. The second-order valence-corrected chi connectivity index (χ2v) is 12.0. The van der Waals surface area contributed by atoms with Crippen LogP contribution in [0.2, 0.25) is 0 Å². The summed E-state index contributed by atoms with van der Waals surface area (Å²) in [6, 6.07) is 12.2. The average Bonchev–Trinajstić information content (AvgIpc) is 2.88. The van der Waals surface area contributed by atoms with Crippen LogP contribution in [0.15, 0.2) is 52.0 Å². The fraction of sp³-hybridized carbons (Fsp3) is 0.452. The first-order valence-corrected chi connectivity index (χ1v) is 13.7. The number of carbonyl (C=O) groups is 2. The summed E-state index contributed by atoms with van der Waals surface area (Å²) in [7, 11) is 0. The number of benzene rings is 2. The zero-order valence-electron chi connectivity index (χ0n) is 23.3. The summed E-state index contributed by atoms with van der Waals surface area (Å²) in [6.07, 6.45) is 5.10. The van der Waals surface area contributed by atoms with Crippen LogP contribution >= 0.6 is 0 Å². The van der Waals surface area contributed by atoms with Gasteiger partial charge in [-0.15, -0.1) is 5.10 Å². The molecule has 2 amide bonds. The van der Waals surface area contributed by atoms with Crippen molar-refractivity contribution in [1.29, 1.82) is 0 Å². The predicted octanol–water partition coefficient (Wildman–Crippen LogP) is 5.61. The maximum absolute atomic E-state index is 13.4. The first-order chi connectivity index (χ1) is 18.5. The minimum atomic E-state index is -0.997. The number of hydrogen-bond donors (Lipinski definition) is 2. The van der Waals surface area contributed by atoms with E-state index in [1.54, 1.807) is 32.9 Å². The lowest BCUT2D eigenvalue weighted by Gasteiger charge is -2.33. The van der Waals surface area contributed by atoms with Crippen molar-refractivity contribution < 1.29 is 23.5 Å². The Balaban J connectivity index is 1.50. The van der Waals surface area contributed by atoms with Gasteiger partial charge < -0.3 is 19.2 Å². The van der Waals surface area contributed by atoms with Crippen LogP contribution in [0.1, 0.15) is 82.2 Å². The SMILES string of the molecule is CC(C)(C)OC(=O)N[C@@H](C(=O)N/N=c1\oc2cc3c(cc2c2c1CCCC2)CCC(C)(C)O3)c1ccccc1. The van der Waals surface area contributed by atoms with E-state index in [1.807, 2.05) is 24.3 Å². The number of hydrogen-bond acceptors (Lipinski definition) is 6. The maximum atomic E-state index is 13.4. The van der Waals surface area contributed by atoms with Crippen LogP contribution in [0.3, 0.4) is 0 Å². The first-order valence-electron chi connectivity index (χ1n) is 13.7. The van der Waals surface area contributed by atoms with Gasteiger partial charge in [0.2, 0.25) is 5.55 Å². The lowest BCUT2D eigenvalue weighted by molar-refractivity contribution is -0.123. The van der Waals surface area contributed by atoms with Crippen molar-refractivity contribution in [3.8, 4) is 5.75 Å². The molecule has 39 heavy (non-hydrogen) atoms. The number of nitrogens with one attached hydrogen (secondary N) is 2. The predicted molar refractivity (Wildman–Crippen MR) is 148 cm³/mol. The molecule has 2 aliphatic rings. The highest BCUT2D eigenvalue weighted by atomic mass is 16.6. The van der Waals surface area contributed by atoms with Gasteiger partial charge in [0.05, 0.1) is 0 Å². The smallest absolute Gasteiger partial charge is 0.408 e. The van der Waals surface area contributed by atoms with Crippen molar-refractivity contribution in [1.82, 2.24) is 10.7 Å². The molecule has 8 nitrogen and oxygen atoms in total. The summed E-state index contributed by atoms with van der Waals surface area (Å²) in [5, 5.41) is 8.21. The standard InChI is InChI=1S/C31H37N3O5/c1-30(2,3)39-29(36)32-26(19-11-7-6-8-12-19)27(35)33-34-28-22-14-10-9-13-21(22)23-17-20-15-16-31(4,5)38-24(20)18-25(23)37-28/h6-8,11-12,17-18,26H,9-10,13-16H2,1-5H3,(H,32,36)(H,33,35)/b34-28-/t26-/m1/s1. The zero-order valence-corrected chi connectivity index (χ0v) is 23.3. The minimum absolute atomic E-state index is 0.232. The molecule has 0 fully saturated rings. The Labute approximate surface area is 228 Å².